The normalized spacial score (nSPS) is 14.4. The summed E-state index contributed by atoms with van der Waals surface area (Å²) < 4.78 is 13.9. The molecular formula is C23H36IN5O2. The monoisotopic (exact) mass is 541 g/mol. The van der Waals surface area contributed by atoms with Crippen LogP contribution in [0.4, 0.5) is 0 Å². The lowest BCUT2D eigenvalue weighted by Gasteiger charge is -2.19. The summed E-state index contributed by atoms with van der Waals surface area (Å²) in [5.74, 6) is 4.00. The van der Waals surface area contributed by atoms with Crippen LogP contribution >= 0.6 is 24.0 Å². The number of halogens is 1. The van der Waals surface area contributed by atoms with Gasteiger partial charge in [0, 0.05) is 44.2 Å². The number of imidazole rings is 1. The zero-order chi connectivity index (χ0) is 21.3. The van der Waals surface area contributed by atoms with Crippen LogP contribution in [0, 0.1) is 5.92 Å². The molecule has 0 radical (unpaired) electrons. The van der Waals surface area contributed by atoms with Gasteiger partial charge in [0.15, 0.2) is 5.96 Å². The molecule has 1 heterocycles. The minimum Gasteiger partial charge on any atom is -0.497 e. The molecule has 2 N–H and O–H groups in total. The summed E-state index contributed by atoms with van der Waals surface area (Å²) in [7, 11) is 3.46. The molecule has 0 unspecified atom stereocenters. The van der Waals surface area contributed by atoms with Gasteiger partial charge in [-0.15, -0.1) is 24.0 Å². The highest BCUT2D eigenvalue weighted by molar-refractivity contribution is 14.0. The molecule has 3 rings (SSSR count). The number of nitrogens with zero attached hydrogens (tertiary/aromatic N) is 3. The molecule has 1 fully saturated rings. The first-order valence-corrected chi connectivity index (χ1v) is 10.9. The fourth-order valence-corrected chi connectivity index (χ4v) is 3.73. The van der Waals surface area contributed by atoms with E-state index in [2.05, 4.69) is 45.1 Å². The third-order valence-corrected chi connectivity index (χ3v) is 5.32. The third-order valence-electron chi connectivity index (χ3n) is 5.32. The summed E-state index contributed by atoms with van der Waals surface area (Å²) >= 11 is 0. The SMILES string of the molecule is CN=C(NCc1ccc(OC)cc1OC1CCCC1)NCc1nccn1CC(C)C.I. The zero-order valence-electron chi connectivity index (χ0n) is 19.1. The van der Waals surface area contributed by atoms with Crippen LogP contribution in [-0.2, 0) is 19.6 Å². The number of hydrogen-bond acceptors (Lipinski definition) is 4. The molecule has 1 aromatic heterocycles. The van der Waals surface area contributed by atoms with Crippen molar-refractivity contribution < 1.29 is 9.47 Å². The van der Waals surface area contributed by atoms with Crippen LogP contribution in [-0.4, -0.2) is 35.8 Å². The second-order valence-corrected chi connectivity index (χ2v) is 8.17. The summed E-state index contributed by atoms with van der Waals surface area (Å²) in [5, 5.41) is 6.75. The van der Waals surface area contributed by atoms with Crippen LogP contribution < -0.4 is 20.1 Å². The Bertz CT molecular complexity index is 831. The lowest BCUT2D eigenvalue weighted by atomic mass is 10.2. The molecule has 7 nitrogen and oxygen atoms in total. The van der Waals surface area contributed by atoms with Crippen LogP contribution in [0.3, 0.4) is 0 Å². The Kier molecular flexibility index (Phi) is 10.4. The van der Waals surface area contributed by atoms with Crippen LogP contribution in [0.2, 0.25) is 0 Å². The average Bonchev–Trinajstić information content (AvgIpc) is 3.40. The first-order chi connectivity index (χ1) is 14.6. The third kappa shape index (κ3) is 7.59. The lowest BCUT2D eigenvalue weighted by molar-refractivity contribution is 0.207. The van der Waals surface area contributed by atoms with E-state index in [4.69, 9.17) is 9.47 Å². The molecule has 8 heteroatoms. The van der Waals surface area contributed by atoms with Crippen LogP contribution in [0.25, 0.3) is 0 Å². The van der Waals surface area contributed by atoms with Crippen molar-refractivity contribution in [2.45, 2.75) is 65.3 Å². The molecule has 0 amide bonds. The van der Waals surface area contributed by atoms with Gasteiger partial charge in [0.05, 0.1) is 19.8 Å². The van der Waals surface area contributed by atoms with E-state index in [1.54, 1.807) is 14.2 Å². The van der Waals surface area contributed by atoms with Crippen molar-refractivity contribution in [1.82, 2.24) is 20.2 Å². The van der Waals surface area contributed by atoms with E-state index in [0.717, 1.165) is 48.2 Å². The highest BCUT2D eigenvalue weighted by Gasteiger charge is 2.18. The van der Waals surface area contributed by atoms with E-state index < -0.39 is 0 Å². The Balaban J connectivity index is 0.00000341. The minimum atomic E-state index is 0. The molecule has 2 aromatic rings. The Morgan fingerprint density at radius 3 is 2.65 bits per heavy atom. The lowest BCUT2D eigenvalue weighted by Crippen LogP contribution is -2.37. The second-order valence-electron chi connectivity index (χ2n) is 8.17. The predicted molar refractivity (Wildman–Crippen MR) is 135 cm³/mol. The highest BCUT2D eigenvalue weighted by atomic mass is 127. The van der Waals surface area contributed by atoms with Crippen molar-refractivity contribution in [3.8, 4) is 11.5 Å². The van der Waals surface area contributed by atoms with Gasteiger partial charge >= 0.3 is 0 Å². The molecular weight excluding hydrogens is 505 g/mol. The number of guanidine groups is 1. The van der Waals surface area contributed by atoms with Crippen LogP contribution in [0.5, 0.6) is 11.5 Å². The van der Waals surface area contributed by atoms with Crippen LogP contribution in [0.1, 0.15) is 50.9 Å². The molecule has 172 valence electrons. The Morgan fingerprint density at radius 2 is 1.97 bits per heavy atom. The van der Waals surface area contributed by atoms with Gasteiger partial charge in [-0.3, -0.25) is 4.99 Å². The number of hydrogen-bond donors (Lipinski definition) is 2. The first kappa shape index (κ1) is 25.3. The van der Waals surface area contributed by atoms with Crippen molar-refractivity contribution in [2.24, 2.45) is 10.9 Å². The number of aromatic nitrogens is 2. The van der Waals surface area contributed by atoms with Crippen LogP contribution in [0.15, 0.2) is 35.6 Å². The van der Waals surface area contributed by atoms with E-state index in [-0.39, 0.29) is 24.0 Å². The number of methoxy groups -OCH3 is 1. The van der Waals surface area contributed by atoms with Crippen molar-refractivity contribution in [3.63, 3.8) is 0 Å². The van der Waals surface area contributed by atoms with Gasteiger partial charge < -0.3 is 24.7 Å². The van der Waals surface area contributed by atoms with Crippen molar-refractivity contribution in [2.75, 3.05) is 14.2 Å². The molecule has 1 saturated carbocycles. The second kappa shape index (κ2) is 12.8. The largest absolute Gasteiger partial charge is 0.497 e. The summed E-state index contributed by atoms with van der Waals surface area (Å²) in [5.41, 5.74) is 1.09. The zero-order valence-corrected chi connectivity index (χ0v) is 21.4. The van der Waals surface area contributed by atoms with E-state index in [0.29, 0.717) is 25.1 Å². The quantitative estimate of drug-likeness (QED) is 0.281. The molecule has 0 atom stereocenters. The maximum absolute atomic E-state index is 6.29. The maximum atomic E-state index is 6.29. The molecule has 0 saturated heterocycles. The van der Waals surface area contributed by atoms with Gasteiger partial charge in [0.1, 0.15) is 17.3 Å². The van der Waals surface area contributed by atoms with Gasteiger partial charge in [-0.1, -0.05) is 13.8 Å². The molecule has 1 aliphatic rings. The average molecular weight is 541 g/mol. The molecule has 0 bridgehead atoms. The van der Waals surface area contributed by atoms with Gasteiger partial charge in [-0.25, -0.2) is 4.98 Å². The summed E-state index contributed by atoms with van der Waals surface area (Å²) in [6.45, 7) is 6.60. The van der Waals surface area contributed by atoms with Crippen molar-refractivity contribution in [1.29, 1.82) is 0 Å². The fourth-order valence-electron chi connectivity index (χ4n) is 3.73. The summed E-state index contributed by atoms with van der Waals surface area (Å²) in [6, 6.07) is 6.00. The number of ether oxygens (including phenoxy) is 2. The van der Waals surface area contributed by atoms with Crippen molar-refractivity contribution in [3.05, 3.63) is 42.0 Å². The smallest absolute Gasteiger partial charge is 0.191 e. The summed E-state index contributed by atoms with van der Waals surface area (Å²) in [4.78, 5) is 8.82. The molecule has 1 aliphatic carbocycles. The fraction of sp³-hybridized carbons (Fsp3) is 0.565. The highest BCUT2D eigenvalue weighted by Crippen LogP contribution is 2.30. The standard InChI is InChI=1S/C23H35N5O2.HI/c1-17(2)16-28-12-11-25-22(28)15-27-23(24-3)26-14-18-9-10-20(29-4)13-21(18)30-19-7-5-6-8-19;/h9-13,17,19H,5-8,14-16H2,1-4H3,(H2,24,26,27);1H. The summed E-state index contributed by atoms with van der Waals surface area (Å²) in [6.07, 6.45) is 8.90. The maximum Gasteiger partial charge on any atom is 0.191 e. The topological polar surface area (TPSA) is 72.7 Å². The number of rotatable bonds is 9. The molecule has 1 aromatic carbocycles. The number of aliphatic imine (C=N–C) groups is 1. The first-order valence-electron chi connectivity index (χ1n) is 10.9. The molecule has 0 aliphatic heterocycles. The Morgan fingerprint density at radius 1 is 1.23 bits per heavy atom. The minimum absolute atomic E-state index is 0. The van der Waals surface area contributed by atoms with Gasteiger partial charge in [0.25, 0.3) is 0 Å². The van der Waals surface area contributed by atoms with E-state index >= 15 is 0 Å². The predicted octanol–water partition coefficient (Wildman–Crippen LogP) is 4.35. The Hall–Kier alpha value is -1.97. The van der Waals surface area contributed by atoms with Gasteiger partial charge in [-0.05, 0) is 43.7 Å². The molecule has 0 spiro atoms. The van der Waals surface area contributed by atoms with E-state index in [1.165, 1.54) is 12.8 Å². The van der Waals surface area contributed by atoms with Crippen molar-refractivity contribution >= 4 is 29.9 Å². The number of nitrogens with one attached hydrogen (secondary N) is 2. The van der Waals surface area contributed by atoms with Gasteiger partial charge in [-0.2, -0.15) is 0 Å². The molecule has 31 heavy (non-hydrogen) atoms. The Labute approximate surface area is 203 Å². The van der Waals surface area contributed by atoms with E-state index in [9.17, 15) is 0 Å². The number of benzene rings is 1. The van der Waals surface area contributed by atoms with E-state index in [1.807, 2.05) is 24.5 Å². The van der Waals surface area contributed by atoms with Gasteiger partial charge in [0.2, 0.25) is 0 Å².